The van der Waals surface area contributed by atoms with Gasteiger partial charge in [0.25, 0.3) is 0 Å². The number of ether oxygens (including phenoxy) is 2. The molecule has 1 aliphatic rings. The van der Waals surface area contributed by atoms with Gasteiger partial charge in [0.2, 0.25) is 0 Å². The number of rotatable bonds is 9. The van der Waals surface area contributed by atoms with Crippen molar-refractivity contribution in [3.8, 4) is 16.9 Å². The molecule has 1 unspecified atom stereocenters. The van der Waals surface area contributed by atoms with Crippen molar-refractivity contribution < 1.29 is 19.4 Å². The van der Waals surface area contributed by atoms with Crippen LogP contribution in [0.4, 0.5) is 0 Å². The van der Waals surface area contributed by atoms with E-state index in [2.05, 4.69) is 16.0 Å². The van der Waals surface area contributed by atoms with E-state index in [1.807, 2.05) is 48.8 Å². The predicted octanol–water partition coefficient (Wildman–Crippen LogP) is 4.39. The summed E-state index contributed by atoms with van der Waals surface area (Å²) < 4.78 is 11.4. The van der Waals surface area contributed by atoms with E-state index >= 15 is 0 Å². The molecule has 0 spiro atoms. The lowest BCUT2D eigenvalue weighted by Crippen LogP contribution is -2.26. The van der Waals surface area contributed by atoms with Gasteiger partial charge in [-0.3, -0.25) is 9.97 Å². The second-order valence-corrected chi connectivity index (χ2v) is 7.19. The van der Waals surface area contributed by atoms with Gasteiger partial charge in [-0.25, -0.2) is 4.79 Å². The number of aromatic nitrogens is 2. The first-order valence-electron chi connectivity index (χ1n) is 10.3. The van der Waals surface area contributed by atoms with Gasteiger partial charge >= 0.3 is 5.97 Å². The molecule has 2 aromatic heterocycles. The third-order valence-corrected chi connectivity index (χ3v) is 5.26. The largest absolute Gasteiger partial charge is 0.493 e. The highest BCUT2D eigenvalue weighted by molar-refractivity contribution is 6.00. The molecule has 1 aliphatic carbocycles. The zero-order chi connectivity index (χ0) is 21.6. The maximum Gasteiger partial charge on any atom is 0.333 e. The van der Waals surface area contributed by atoms with Crippen LogP contribution in [0.2, 0.25) is 0 Å². The predicted molar refractivity (Wildman–Crippen MR) is 118 cm³/mol. The molecular weight excluding hydrogens is 392 g/mol. The molecule has 1 aromatic carbocycles. The van der Waals surface area contributed by atoms with Crippen LogP contribution in [0.25, 0.3) is 16.7 Å². The Morgan fingerprint density at radius 1 is 1.03 bits per heavy atom. The van der Waals surface area contributed by atoms with Crippen LogP contribution in [-0.2, 0) is 16.0 Å². The van der Waals surface area contributed by atoms with E-state index in [9.17, 15) is 9.90 Å². The fourth-order valence-electron chi connectivity index (χ4n) is 3.86. The van der Waals surface area contributed by atoms with Gasteiger partial charge in [0.15, 0.2) is 6.10 Å². The Morgan fingerprint density at radius 2 is 1.71 bits per heavy atom. The molecular formula is C25H24N2O4. The molecule has 0 saturated heterocycles. The second kappa shape index (κ2) is 9.53. The Labute approximate surface area is 181 Å². The topological polar surface area (TPSA) is 81.5 Å². The highest BCUT2D eigenvalue weighted by atomic mass is 16.5. The van der Waals surface area contributed by atoms with Crippen LogP contribution in [0.15, 0.2) is 67.3 Å². The molecule has 158 valence electrons. The van der Waals surface area contributed by atoms with E-state index in [0.717, 1.165) is 33.4 Å². The summed E-state index contributed by atoms with van der Waals surface area (Å²) in [5.41, 5.74) is 6.48. The minimum Gasteiger partial charge on any atom is -0.493 e. The number of carboxylic acids is 1. The van der Waals surface area contributed by atoms with Gasteiger partial charge in [-0.05, 0) is 47.4 Å². The standard InChI is InChI=1S/C25H24N2O4/c1-2-30-24(25(28)29)14-17-6-3-4-8-23(17)31-13-5-7-18-19-9-11-26-15-21(19)22-16-27-12-10-20(18)22/h3-4,6-12,15-16,24H,2,5,13-14H2,1H3,(H,28,29). The van der Waals surface area contributed by atoms with Crippen molar-refractivity contribution in [3.63, 3.8) is 0 Å². The van der Waals surface area contributed by atoms with E-state index in [0.29, 0.717) is 25.4 Å². The van der Waals surface area contributed by atoms with E-state index in [-0.39, 0.29) is 6.42 Å². The van der Waals surface area contributed by atoms with Gasteiger partial charge in [0, 0.05) is 55.4 Å². The second-order valence-electron chi connectivity index (χ2n) is 7.19. The lowest BCUT2D eigenvalue weighted by atomic mass is 10.0. The van der Waals surface area contributed by atoms with Crippen molar-refractivity contribution in [3.05, 3.63) is 84.0 Å². The molecule has 31 heavy (non-hydrogen) atoms. The van der Waals surface area contributed by atoms with Gasteiger partial charge in [0.05, 0.1) is 6.61 Å². The molecule has 4 rings (SSSR count). The van der Waals surface area contributed by atoms with Crippen molar-refractivity contribution in [1.82, 2.24) is 9.97 Å². The average molecular weight is 416 g/mol. The minimum atomic E-state index is -0.969. The van der Waals surface area contributed by atoms with Gasteiger partial charge in [0.1, 0.15) is 5.75 Å². The Kier molecular flexibility index (Phi) is 6.38. The average Bonchev–Trinajstić information content (AvgIpc) is 3.11. The fraction of sp³-hybridized carbons (Fsp3) is 0.240. The molecule has 0 bridgehead atoms. The van der Waals surface area contributed by atoms with Crippen LogP contribution < -0.4 is 4.74 Å². The van der Waals surface area contributed by atoms with E-state index in [4.69, 9.17) is 9.47 Å². The summed E-state index contributed by atoms with van der Waals surface area (Å²) in [5, 5.41) is 9.37. The summed E-state index contributed by atoms with van der Waals surface area (Å²) in [4.78, 5) is 19.9. The first-order valence-corrected chi connectivity index (χ1v) is 10.3. The summed E-state index contributed by atoms with van der Waals surface area (Å²) in [5.74, 6) is -0.281. The molecule has 2 heterocycles. The summed E-state index contributed by atoms with van der Waals surface area (Å²) >= 11 is 0. The molecule has 0 fully saturated rings. The van der Waals surface area contributed by atoms with Gasteiger partial charge < -0.3 is 14.6 Å². The summed E-state index contributed by atoms with van der Waals surface area (Å²) in [6, 6.07) is 11.6. The lowest BCUT2D eigenvalue weighted by Gasteiger charge is -2.15. The smallest absolute Gasteiger partial charge is 0.333 e. The van der Waals surface area contributed by atoms with Crippen molar-refractivity contribution >= 4 is 11.5 Å². The summed E-state index contributed by atoms with van der Waals surface area (Å²) in [6.45, 7) is 2.62. The molecule has 0 aliphatic heterocycles. The number of pyridine rings is 2. The van der Waals surface area contributed by atoms with Crippen LogP contribution >= 0.6 is 0 Å². The quantitative estimate of drug-likeness (QED) is 0.408. The zero-order valence-corrected chi connectivity index (χ0v) is 17.3. The molecule has 0 amide bonds. The number of fused-ring (bicyclic) bond motifs is 3. The van der Waals surface area contributed by atoms with Crippen molar-refractivity contribution in [2.45, 2.75) is 25.9 Å². The van der Waals surface area contributed by atoms with Crippen molar-refractivity contribution in [2.24, 2.45) is 0 Å². The monoisotopic (exact) mass is 416 g/mol. The van der Waals surface area contributed by atoms with Crippen LogP contribution in [0.5, 0.6) is 5.75 Å². The normalized spacial score (nSPS) is 12.7. The molecule has 6 heteroatoms. The molecule has 1 N–H and O–H groups in total. The van der Waals surface area contributed by atoms with Gasteiger partial charge in [-0.15, -0.1) is 0 Å². The number of para-hydroxylation sites is 1. The van der Waals surface area contributed by atoms with Crippen molar-refractivity contribution in [1.29, 1.82) is 0 Å². The first-order chi connectivity index (χ1) is 15.2. The zero-order valence-electron chi connectivity index (χ0n) is 17.3. The van der Waals surface area contributed by atoms with Crippen LogP contribution in [0.1, 0.15) is 30.0 Å². The van der Waals surface area contributed by atoms with E-state index in [1.54, 1.807) is 19.3 Å². The Bertz CT molecular complexity index is 1060. The van der Waals surface area contributed by atoms with Crippen LogP contribution in [0.3, 0.4) is 0 Å². The third kappa shape index (κ3) is 4.49. The first kappa shape index (κ1) is 20.8. The Hall–Kier alpha value is -3.51. The number of carboxylic acid groups (broad SMARTS) is 1. The summed E-state index contributed by atoms with van der Waals surface area (Å²) in [7, 11) is 0. The number of aliphatic carboxylic acids is 1. The number of carbonyl (C=O) groups is 1. The minimum absolute atomic E-state index is 0.265. The SMILES string of the molecule is CCOC(Cc1ccccc1OCCC=C1c2ccncc2-c2cnccc21)C(=O)O. The third-order valence-electron chi connectivity index (χ3n) is 5.26. The Morgan fingerprint density at radius 3 is 2.35 bits per heavy atom. The number of hydrogen-bond acceptors (Lipinski definition) is 5. The number of nitrogens with zero attached hydrogens (tertiary/aromatic N) is 2. The highest BCUT2D eigenvalue weighted by Gasteiger charge is 2.23. The molecule has 6 nitrogen and oxygen atoms in total. The maximum absolute atomic E-state index is 11.4. The molecule has 0 radical (unpaired) electrons. The lowest BCUT2D eigenvalue weighted by molar-refractivity contribution is -0.149. The van der Waals surface area contributed by atoms with E-state index < -0.39 is 12.1 Å². The number of hydrogen-bond donors (Lipinski definition) is 1. The molecule has 0 saturated carbocycles. The molecule has 1 atom stereocenters. The van der Waals surface area contributed by atoms with Crippen molar-refractivity contribution in [2.75, 3.05) is 13.2 Å². The van der Waals surface area contributed by atoms with E-state index in [1.165, 1.54) is 0 Å². The van der Waals surface area contributed by atoms with Crippen LogP contribution in [0, 0.1) is 0 Å². The van der Waals surface area contributed by atoms with Gasteiger partial charge in [-0.2, -0.15) is 0 Å². The maximum atomic E-state index is 11.4. The van der Waals surface area contributed by atoms with Crippen LogP contribution in [-0.4, -0.2) is 40.4 Å². The van der Waals surface area contributed by atoms with Gasteiger partial charge in [-0.1, -0.05) is 24.3 Å². The molecule has 3 aromatic rings. The summed E-state index contributed by atoms with van der Waals surface area (Å²) in [6.07, 6.45) is 9.62. The number of benzene rings is 1. The Balaban J connectivity index is 1.46. The highest BCUT2D eigenvalue weighted by Crippen LogP contribution is 2.43. The fourth-order valence-corrected chi connectivity index (χ4v) is 3.86.